The number of hydrogen-bond acceptors (Lipinski definition) is 4. The highest BCUT2D eigenvalue weighted by molar-refractivity contribution is 5.98. The van der Waals surface area contributed by atoms with Crippen LogP contribution < -0.4 is 10.7 Å². The lowest BCUT2D eigenvalue weighted by molar-refractivity contribution is -0.596. The fourth-order valence-electron chi connectivity index (χ4n) is 3.49. The lowest BCUT2D eigenvalue weighted by Gasteiger charge is -2.14. The summed E-state index contributed by atoms with van der Waals surface area (Å²) in [7, 11) is 0. The van der Waals surface area contributed by atoms with E-state index < -0.39 is 17.0 Å². The largest absolute Gasteiger partial charge is 0.334 e. The molecule has 0 unspecified atom stereocenters. The Kier molecular flexibility index (Phi) is 5.53. The van der Waals surface area contributed by atoms with Crippen LogP contribution in [0.2, 0.25) is 0 Å². The number of non-ortho nitro benzene ring substituents is 1. The summed E-state index contributed by atoms with van der Waals surface area (Å²) in [4.78, 5) is 35.9. The van der Waals surface area contributed by atoms with Crippen LogP contribution in [-0.2, 0) is 4.79 Å². The molecule has 8 heteroatoms. The van der Waals surface area contributed by atoms with E-state index in [0.717, 1.165) is 5.56 Å². The molecule has 0 aliphatic carbocycles. The van der Waals surface area contributed by atoms with Gasteiger partial charge in [0, 0.05) is 28.8 Å². The second kappa shape index (κ2) is 8.58. The number of nitro groups is 1. The highest BCUT2D eigenvalue weighted by Gasteiger charge is 2.47. The van der Waals surface area contributed by atoms with Crippen molar-refractivity contribution in [1.82, 2.24) is 10.7 Å². The van der Waals surface area contributed by atoms with Crippen molar-refractivity contribution in [3.05, 3.63) is 112 Å². The Morgan fingerprint density at radius 3 is 2.19 bits per heavy atom. The third-order valence-electron chi connectivity index (χ3n) is 4.99. The lowest BCUT2D eigenvalue weighted by Crippen LogP contribution is -2.42. The van der Waals surface area contributed by atoms with Crippen molar-refractivity contribution < 1.29 is 19.2 Å². The Morgan fingerprint density at radius 2 is 1.58 bits per heavy atom. The summed E-state index contributed by atoms with van der Waals surface area (Å²) in [5.74, 6) is -0.699. The molecular weight excluding hydrogens is 396 g/mol. The van der Waals surface area contributed by atoms with Crippen molar-refractivity contribution in [2.24, 2.45) is 0 Å². The number of hydrazone groups is 1. The van der Waals surface area contributed by atoms with Gasteiger partial charge in [0.05, 0.1) is 4.92 Å². The molecule has 8 nitrogen and oxygen atoms in total. The van der Waals surface area contributed by atoms with Gasteiger partial charge >= 0.3 is 5.91 Å². The molecule has 2 atom stereocenters. The Hall–Kier alpha value is -4.33. The quantitative estimate of drug-likeness (QED) is 0.380. The molecule has 1 fully saturated rings. The van der Waals surface area contributed by atoms with Crippen molar-refractivity contribution in [2.45, 2.75) is 12.1 Å². The molecule has 31 heavy (non-hydrogen) atoms. The minimum Gasteiger partial charge on any atom is -0.334 e. The van der Waals surface area contributed by atoms with Crippen LogP contribution in [0, 0.1) is 10.1 Å². The molecule has 1 aliphatic heterocycles. The summed E-state index contributed by atoms with van der Waals surface area (Å²) in [6, 6.07) is 22.7. The number of rotatable bonds is 5. The number of nitrogens with one attached hydrogen (secondary N) is 2. The van der Waals surface area contributed by atoms with Gasteiger partial charge in [0.1, 0.15) is 0 Å². The molecule has 154 valence electrons. The fraction of sp³-hybridized carbons (Fsp3) is 0.0870. The number of amides is 2. The van der Waals surface area contributed by atoms with Crippen molar-refractivity contribution >= 4 is 23.7 Å². The SMILES string of the molecule is O=C(N[C@@H]1C(=O)N/[N+](=C\c2ccc([N+](=O)[O-])cc2)[C@H]1c1ccccc1)c1ccccc1. The number of carbonyl (C=O) groups excluding carboxylic acids is 2. The van der Waals surface area contributed by atoms with Crippen molar-refractivity contribution in [3.63, 3.8) is 0 Å². The molecule has 2 amide bonds. The molecular formula is C23H19N4O4+. The molecule has 4 rings (SSSR count). The summed E-state index contributed by atoms with van der Waals surface area (Å²) >= 11 is 0. The van der Waals surface area contributed by atoms with E-state index in [-0.39, 0.29) is 17.5 Å². The minimum atomic E-state index is -0.829. The predicted molar refractivity (Wildman–Crippen MR) is 114 cm³/mol. The first-order chi connectivity index (χ1) is 15.0. The topological polar surface area (TPSA) is 104 Å². The van der Waals surface area contributed by atoms with Crippen LogP contribution in [0.4, 0.5) is 5.69 Å². The van der Waals surface area contributed by atoms with Gasteiger partial charge in [-0.15, -0.1) is 10.1 Å². The average molecular weight is 415 g/mol. The molecule has 0 bridgehead atoms. The lowest BCUT2D eigenvalue weighted by atomic mass is 10.00. The fourth-order valence-corrected chi connectivity index (χ4v) is 3.49. The maximum absolute atomic E-state index is 12.8. The number of hydrogen-bond donors (Lipinski definition) is 2. The van der Waals surface area contributed by atoms with Gasteiger partial charge in [0.15, 0.2) is 6.04 Å². The van der Waals surface area contributed by atoms with Gasteiger partial charge in [0.25, 0.3) is 11.6 Å². The normalized spacial score (nSPS) is 19.1. The van der Waals surface area contributed by atoms with Crippen molar-refractivity contribution in [1.29, 1.82) is 0 Å². The Morgan fingerprint density at radius 1 is 0.968 bits per heavy atom. The first kappa shape index (κ1) is 20.0. The number of nitrogens with zero attached hydrogens (tertiary/aromatic N) is 2. The van der Waals surface area contributed by atoms with Crippen LogP contribution in [0.1, 0.15) is 27.5 Å². The molecule has 0 spiro atoms. The van der Waals surface area contributed by atoms with Gasteiger partial charge in [0.2, 0.25) is 12.3 Å². The zero-order valence-electron chi connectivity index (χ0n) is 16.3. The summed E-state index contributed by atoms with van der Waals surface area (Å²) < 4.78 is 1.62. The van der Waals surface area contributed by atoms with Crippen molar-refractivity contribution in [3.8, 4) is 0 Å². The number of carbonyl (C=O) groups is 2. The van der Waals surface area contributed by atoms with Gasteiger partial charge < -0.3 is 5.32 Å². The second-order valence-corrected chi connectivity index (χ2v) is 7.03. The molecule has 1 saturated heterocycles. The average Bonchev–Trinajstić information content (AvgIpc) is 3.09. The van der Waals surface area contributed by atoms with Crippen LogP contribution in [0.25, 0.3) is 0 Å². The Balaban J connectivity index is 1.68. The van der Waals surface area contributed by atoms with E-state index in [2.05, 4.69) is 10.7 Å². The molecule has 0 radical (unpaired) electrons. The van der Waals surface area contributed by atoms with Crippen LogP contribution in [0.3, 0.4) is 0 Å². The summed E-state index contributed by atoms with van der Waals surface area (Å²) in [5.41, 5.74) is 4.72. The zero-order chi connectivity index (χ0) is 21.8. The Bertz CT molecular complexity index is 1150. The van der Waals surface area contributed by atoms with E-state index in [0.29, 0.717) is 11.1 Å². The second-order valence-electron chi connectivity index (χ2n) is 7.03. The highest BCUT2D eigenvalue weighted by Crippen LogP contribution is 2.25. The van der Waals surface area contributed by atoms with Gasteiger partial charge in [-0.05, 0) is 24.3 Å². The Labute approximate surface area is 178 Å². The van der Waals surface area contributed by atoms with E-state index in [9.17, 15) is 19.7 Å². The molecule has 0 aromatic heterocycles. The smallest absolute Gasteiger partial charge is 0.304 e. The number of benzene rings is 3. The monoisotopic (exact) mass is 415 g/mol. The van der Waals surface area contributed by atoms with E-state index in [4.69, 9.17) is 0 Å². The standard InChI is InChI=1S/C23H18N4O4/c28-22(18-9-5-2-6-10-18)24-20-21(17-7-3-1-4-8-17)26(25-23(20)29)15-16-11-13-19(14-12-16)27(30)31/h1-15,20-21H,(H-,24,25,28,29)/p+1/b26-15-/t20-,21-/m0/s1. The van der Waals surface area contributed by atoms with Gasteiger partial charge in [-0.1, -0.05) is 48.5 Å². The van der Waals surface area contributed by atoms with Crippen LogP contribution in [-0.4, -0.2) is 33.7 Å². The van der Waals surface area contributed by atoms with E-state index in [1.54, 1.807) is 47.3 Å². The zero-order valence-corrected chi connectivity index (χ0v) is 16.3. The predicted octanol–water partition coefficient (Wildman–Crippen LogP) is 2.61. The van der Waals surface area contributed by atoms with Crippen molar-refractivity contribution in [2.75, 3.05) is 0 Å². The summed E-state index contributed by atoms with van der Waals surface area (Å²) in [6.07, 6.45) is 1.69. The number of nitro benzene ring substituents is 1. The van der Waals surface area contributed by atoms with E-state index >= 15 is 0 Å². The first-order valence-electron chi connectivity index (χ1n) is 9.62. The molecule has 3 aromatic carbocycles. The molecule has 1 aliphatic rings. The minimum absolute atomic E-state index is 0.0183. The van der Waals surface area contributed by atoms with Gasteiger partial charge in [-0.25, -0.2) is 0 Å². The molecule has 0 saturated carbocycles. The van der Waals surface area contributed by atoms with E-state index in [1.165, 1.54) is 12.1 Å². The highest BCUT2D eigenvalue weighted by atomic mass is 16.6. The van der Waals surface area contributed by atoms with Crippen LogP contribution >= 0.6 is 0 Å². The maximum Gasteiger partial charge on any atom is 0.304 e. The molecule has 1 heterocycles. The van der Waals surface area contributed by atoms with E-state index in [1.807, 2.05) is 36.4 Å². The maximum atomic E-state index is 12.8. The summed E-state index contributed by atoms with van der Waals surface area (Å²) in [6.45, 7) is 0. The van der Waals surface area contributed by atoms with Crippen LogP contribution in [0.15, 0.2) is 84.9 Å². The summed E-state index contributed by atoms with van der Waals surface area (Å²) in [5, 5.41) is 13.7. The third-order valence-corrected chi connectivity index (χ3v) is 4.99. The van der Waals surface area contributed by atoms with Gasteiger partial charge in [-0.3, -0.25) is 19.7 Å². The number of hydrazine groups is 1. The van der Waals surface area contributed by atoms with Gasteiger partial charge in [-0.2, -0.15) is 0 Å². The van der Waals surface area contributed by atoms with Crippen LogP contribution in [0.5, 0.6) is 0 Å². The first-order valence-corrected chi connectivity index (χ1v) is 9.62. The molecule has 2 N–H and O–H groups in total. The third kappa shape index (κ3) is 4.32. The molecule has 3 aromatic rings.